The van der Waals surface area contributed by atoms with Crippen LogP contribution in [-0.4, -0.2) is 69.0 Å². The van der Waals surface area contributed by atoms with Crippen molar-refractivity contribution in [1.29, 1.82) is 0 Å². The Kier molecular flexibility index (Phi) is 11.5. The first-order valence-electron chi connectivity index (χ1n) is 9.11. The fourth-order valence-corrected chi connectivity index (χ4v) is 3.67. The number of piperidine rings is 1. The van der Waals surface area contributed by atoms with Gasteiger partial charge in [-0.3, -0.25) is 9.89 Å². The minimum atomic E-state index is -2.92. The molecule has 0 saturated carbocycles. The van der Waals surface area contributed by atoms with Crippen LogP contribution in [0.1, 0.15) is 53.4 Å². The molecule has 0 aliphatic carbocycles. The smallest absolute Gasteiger partial charge is 0.191 e. The van der Waals surface area contributed by atoms with Crippen LogP contribution in [0.15, 0.2) is 4.99 Å². The molecule has 1 unspecified atom stereocenters. The lowest BCUT2D eigenvalue weighted by molar-refractivity contribution is 0.102. The molecular formula is C17H37IN4O2S. The van der Waals surface area contributed by atoms with Crippen molar-refractivity contribution in [3.05, 3.63) is 0 Å². The third kappa shape index (κ3) is 10.6. The molecule has 0 aromatic heterocycles. The number of hydrogen-bond donors (Lipinski definition) is 2. The van der Waals surface area contributed by atoms with Crippen molar-refractivity contribution in [1.82, 2.24) is 15.5 Å². The van der Waals surface area contributed by atoms with Crippen molar-refractivity contribution >= 4 is 39.8 Å². The van der Waals surface area contributed by atoms with Gasteiger partial charge in [-0.1, -0.05) is 6.42 Å². The van der Waals surface area contributed by atoms with Crippen LogP contribution >= 0.6 is 24.0 Å². The number of halogens is 1. The van der Waals surface area contributed by atoms with Crippen LogP contribution in [0.25, 0.3) is 0 Å². The van der Waals surface area contributed by atoms with E-state index in [1.54, 1.807) is 0 Å². The molecule has 6 nitrogen and oxygen atoms in total. The van der Waals surface area contributed by atoms with Gasteiger partial charge in [-0.15, -0.1) is 24.0 Å². The summed E-state index contributed by atoms with van der Waals surface area (Å²) in [5.74, 6) is 0.961. The normalized spacial score (nSPS) is 18.4. The molecular weight excluding hydrogens is 451 g/mol. The highest BCUT2D eigenvalue weighted by Gasteiger charge is 2.27. The zero-order chi connectivity index (χ0) is 18.2. The van der Waals surface area contributed by atoms with Crippen molar-refractivity contribution in [2.45, 2.75) is 65.0 Å². The molecule has 0 bridgehead atoms. The van der Waals surface area contributed by atoms with E-state index >= 15 is 0 Å². The lowest BCUT2D eigenvalue weighted by atomic mass is 9.99. The van der Waals surface area contributed by atoms with E-state index in [0.717, 1.165) is 32.1 Å². The summed E-state index contributed by atoms with van der Waals surface area (Å²) in [6, 6.07) is 0.0654. The number of nitrogens with one attached hydrogen (secondary N) is 2. The average Bonchev–Trinajstić information content (AvgIpc) is 2.51. The van der Waals surface area contributed by atoms with E-state index in [1.807, 2.05) is 13.8 Å². The van der Waals surface area contributed by atoms with E-state index in [2.05, 4.69) is 29.4 Å². The summed E-state index contributed by atoms with van der Waals surface area (Å²) in [7, 11) is -2.92. The predicted molar refractivity (Wildman–Crippen MR) is 118 cm³/mol. The molecule has 1 fully saturated rings. The van der Waals surface area contributed by atoms with Crippen LogP contribution < -0.4 is 10.6 Å². The Balaban J connectivity index is 0.00000576. The maximum atomic E-state index is 11.3. The Morgan fingerprint density at radius 1 is 1.24 bits per heavy atom. The molecule has 2 N–H and O–H groups in total. The van der Waals surface area contributed by atoms with E-state index < -0.39 is 9.84 Å². The number of nitrogens with zero attached hydrogens (tertiary/aromatic N) is 2. The van der Waals surface area contributed by atoms with Crippen LogP contribution in [0.4, 0.5) is 0 Å². The number of guanidine groups is 1. The summed E-state index contributed by atoms with van der Waals surface area (Å²) in [6.45, 7) is 12.3. The molecule has 1 atom stereocenters. The first-order valence-corrected chi connectivity index (χ1v) is 11.2. The Morgan fingerprint density at radius 3 is 2.36 bits per heavy atom. The van der Waals surface area contributed by atoms with Crippen molar-refractivity contribution in [3.63, 3.8) is 0 Å². The van der Waals surface area contributed by atoms with E-state index in [4.69, 9.17) is 4.99 Å². The lowest BCUT2D eigenvalue weighted by Gasteiger charge is -2.40. The molecule has 0 aromatic carbocycles. The van der Waals surface area contributed by atoms with Crippen LogP contribution in [0, 0.1) is 0 Å². The van der Waals surface area contributed by atoms with Crippen molar-refractivity contribution in [2.75, 3.05) is 38.2 Å². The average molecular weight is 488 g/mol. The van der Waals surface area contributed by atoms with Gasteiger partial charge in [0.15, 0.2) is 5.96 Å². The van der Waals surface area contributed by atoms with Gasteiger partial charge in [-0.05, 0) is 60.0 Å². The van der Waals surface area contributed by atoms with Gasteiger partial charge in [0, 0.05) is 24.4 Å². The van der Waals surface area contributed by atoms with Gasteiger partial charge in [0.25, 0.3) is 0 Å². The third-order valence-corrected chi connectivity index (χ3v) is 5.46. The number of sulfone groups is 1. The largest absolute Gasteiger partial charge is 0.357 e. The number of rotatable bonds is 8. The van der Waals surface area contributed by atoms with Crippen LogP contribution in [0.2, 0.25) is 0 Å². The van der Waals surface area contributed by atoms with Gasteiger partial charge < -0.3 is 10.6 Å². The number of likely N-dealkylation sites (tertiary alicyclic amines) is 1. The Labute approximate surface area is 171 Å². The van der Waals surface area contributed by atoms with E-state index in [1.165, 1.54) is 25.5 Å². The molecule has 1 heterocycles. The monoisotopic (exact) mass is 488 g/mol. The zero-order valence-corrected chi connectivity index (χ0v) is 19.6. The fraction of sp³-hybridized carbons (Fsp3) is 0.941. The van der Waals surface area contributed by atoms with Crippen LogP contribution in [0.3, 0.4) is 0 Å². The first kappa shape index (κ1) is 24.9. The molecule has 1 saturated heterocycles. The predicted octanol–water partition coefficient (Wildman–Crippen LogP) is 2.25. The molecule has 0 aromatic rings. The molecule has 150 valence electrons. The molecule has 0 spiro atoms. The minimum Gasteiger partial charge on any atom is -0.357 e. The van der Waals surface area contributed by atoms with Gasteiger partial charge in [0.2, 0.25) is 0 Å². The van der Waals surface area contributed by atoms with Crippen LogP contribution in [-0.2, 0) is 9.84 Å². The second-order valence-corrected chi connectivity index (χ2v) is 9.78. The second kappa shape index (κ2) is 11.6. The summed E-state index contributed by atoms with van der Waals surface area (Å²) >= 11 is 0. The quantitative estimate of drug-likeness (QED) is 0.312. The molecule has 1 aliphatic rings. The maximum Gasteiger partial charge on any atom is 0.191 e. The zero-order valence-electron chi connectivity index (χ0n) is 16.5. The molecule has 1 rings (SSSR count). The molecule has 25 heavy (non-hydrogen) atoms. The highest BCUT2D eigenvalue weighted by Crippen LogP contribution is 2.20. The highest BCUT2D eigenvalue weighted by molar-refractivity contribution is 14.0. The van der Waals surface area contributed by atoms with Gasteiger partial charge in [-0.2, -0.15) is 0 Å². The van der Waals surface area contributed by atoms with Gasteiger partial charge in [0.1, 0.15) is 9.84 Å². The van der Waals surface area contributed by atoms with Crippen molar-refractivity contribution in [3.8, 4) is 0 Å². The summed E-state index contributed by atoms with van der Waals surface area (Å²) < 4.78 is 22.6. The highest BCUT2D eigenvalue weighted by atomic mass is 127. The SMILES string of the molecule is CCNC(=NCC(C)(C)N1CCCCC1)NC(C)CCS(C)(=O)=O.I. The first-order chi connectivity index (χ1) is 11.1. The van der Waals surface area contributed by atoms with Gasteiger partial charge in [-0.25, -0.2) is 8.42 Å². The standard InChI is InChI=1S/C17H36N4O2S.HI/c1-6-18-16(20-15(2)10-13-24(5,22)23)19-14-17(3,4)21-11-8-7-9-12-21;/h15H,6-14H2,1-5H3,(H2,18,19,20);1H. The summed E-state index contributed by atoms with van der Waals surface area (Å²) in [6.07, 6.45) is 5.73. The number of hydrogen-bond acceptors (Lipinski definition) is 4. The summed E-state index contributed by atoms with van der Waals surface area (Å²) in [4.78, 5) is 7.27. The number of aliphatic imine (C=N–C) groups is 1. The molecule has 8 heteroatoms. The third-order valence-electron chi connectivity index (χ3n) is 4.49. The van der Waals surface area contributed by atoms with Crippen LogP contribution in [0.5, 0.6) is 0 Å². The maximum absolute atomic E-state index is 11.3. The molecule has 1 aliphatic heterocycles. The fourth-order valence-electron chi connectivity index (χ4n) is 2.89. The minimum absolute atomic E-state index is 0. The molecule has 0 radical (unpaired) electrons. The van der Waals surface area contributed by atoms with E-state index in [0.29, 0.717) is 6.42 Å². The van der Waals surface area contributed by atoms with Gasteiger partial charge >= 0.3 is 0 Å². The topological polar surface area (TPSA) is 73.8 Å². The molecule has 0 amide bonds. The lowest BCUT2D eigenvalue weighted by Crippen LogP contribution is -2.50. The van der Waals surface area contributed by atoms with Crippen molar-refractivity contribution < 1.29 is 8.42 Å². The summed E-state index contributed by atoms with van der Waals surface area (Å²) in [5, 5.41) is 6.58. The second-order valence-electron chi connectivity index (χ2n) is 7.52. The van der Waals surface area contributed by atoms with E-state index in [-0.39, 0.29) is 41.3 Å². The van der Waals surface area contributed by atoms with Crippen molar-refractivity contribution in [2.24, 2.45) is 4.99 Å². The summed E-state index contributed by atoms with van der Waals surface area (Å²) in [5.41, 5.74) is 0.0404. The Bertz CT molecular complexity index is 503. The van der Waals surface area contributed by atoms with E-state index in [9.17, 15) is 8.42 Å². The Hall–Kier alpha value is -0.0900. The Morgan fingerprint density at radius 2 is 1.84 bits per heavy atom. The van der Waals surface area contributed by atoms with Gasteiger partial charge in [0.05, 0.1) is 12.3 Å².